The molecule has 0 saturated heterocycles. The summed E-state index contributed by atoms with van der Waals surface area (Å²) in [5.74, 6) is 1.36. The number of halogens is 2. The molecular weight excluding hydrogens is 669 g/mol. The van der Waals surface area contributed by atoms with E-state index in [4.69, 9.17) is 25.3 Å². The molecule has 4 bridgehead atoms. The molecule has 51 heavy (non-hydrogen) atoms. The summed E-state index contributed by atoms with van der Waals surface area (Å²) in [5.41, 5.74) is 9.53. The lowest BCUT2D eigenvalue weighted by atomic mass is 9.73. The number of aryl methyl sites for hydroxylation is 2. The first-order valence-corrected chi connectivity index (χ1v) is 18.8. The van der Waals surface area contributed by atoms with E-state index in [0.29, 0.717) is 43.0 Å². The number of carbonyl (C=O) groups is 1. The molecule has 2 unspecified atom stereocenters. The van der Waals surface area contributed by atoms with Crippen molar-refractivity contribution in [1.29, 1.82) is 0 Å². The van der Waals surface area contributed by atoms with Crippen molar-refractivity contribution in [3.63, 3.8) is 0 Å². The summed E-state index contributed by atoms with van der Waals surface area (Å²) in [6.45, 7) is 8.77. The van der Waals surface area contributed by atoms with Crippen LogP contribution >= 0.6 is 11.8 Å². The number of H-pyrrole nitrogens is 1. The van der Waals surface area contributed by atoms with Crippen LogP contribution in [0.3, 0.4) is 0 Å². The third-order valence-corrected chi connectivity index (χ3v) is 11.4. The average Bonchev–Trinajstić information content (AvgIpc) is 3.73. The average molecular weight is 716 g/mol. The molecule has 11 heteroatoms. The Morgan fingerprint density at radius 3 is 2.75 bits per heavy atom. The molecule has 8 nitrogen and oxygen atoms in total. The Labute approximate surface area is 302 Å². The van der Waals surface area contributed by atoms with Crippen molar-refractivity contribution in [2.75, 3.05) is 24.7 Å². The van der Waals surface area contributed by atoms with Crippen molar-refractivity contribution in [3.05, 3.63) is 94.9 Å². The Morgan fingerprint density at radius 2 is 1.96 bits per heavy atom. The molecule has 3 N–H and O–H groups in total. The van der Waals surface area contributed by atoms with Crippen LogP contribution in [0, 0.1) is 23.0 Å². The van der Waals surface area contributed by atoms with Crippen LogP contribution in [0.1, 0.15) is 69.5 Å². The molecule has 0 fully saturated rings. The first kappa shape index (κ1) is 36.6. The second-order valence-corrected chi connectivity index (χ2v) is 15.5. The zero-order valence-electron chi connectivity index (χ0n) is 30.0. The maximum absolute atomic E-state index is 15.7. The fourth-order valence-electron chi connectivity index (χ4n) is 7.14. The van der Waals surface area contributed by atoms with E-state index in [2.05, 4.69) is 24.9 Å². The van der Waals surface area contributed by atoms with E-state index in [1.54, 1.807) is 30.9 Å². The van der Waals surface area contributed by atoms with Crippen LogP contribution in [-0.2, 0) is 34.8 Å². The van der Waals surface area contributed by atoms with Crippen molar-refractivity contribution in [3.8, 4) is 22.9 Å². The highest BCUT2D eigenvalue weighted by Crippen LogP contribution is 2.41. The van der Waals surface area contributed by atoms with Gasteiger partial charge in [-0.1, -0.05) is 51.5 Å². The zero-order valence-corrected chi connectivity index (χ0v) is 30.8. The van der Waals surface area contributed by atoms with Gasteiger partial charge in [0.25, 0.3) is 0 Å². The lowest BCUT2D eigenvalue weighted by Gasteiger charge is -2.33. The molecule has 1 aliphatic rings. The number of nitrogens with one attached hydrogen (secondary N) is 1. The maximum Gasteiger partial charge on any atom is 0.308 e. The van der Waals surface area contributed by atoms with Crippen molar-refractivity contribution in [2.45, 2.75) is 65.2 Å². The predicted octanol–water partition coefficient (Wildman–Crippen LogP) is 8.51. The SMILES string of the molecule is CCOC(=O)C(C)Cc1cccc(C2(CN)CCCC(C)(C)CSCCc3c(c(F)cc4[nH]ccc34)Oc3ccc(F)c(c3)-c3nc2nn3C)c1. The second kappa shape index (κ2) is 15.2. The molecule has 2 aromatic heterocycles. The number of thioether (sulfide) groups is 1. The number of aromatic nitrogens is 4. The Hall–Kier alpha value is -4.22. The normalized spacial score (nSPS) is 18.7. The van der Waals surface area contributed by atoms with Gasteiger partial charge in [-0.15, -0.1) is 0 Å². The number of rotatable bonds is 6. The van der Waals surface area contributed by atoms with Crippen molar-refractivity contribution >= 4 is 28.6 Å². The van der Waals surface area contributed by atoms with E-state index >= 15 is 8.78 Å². The number of hydrogen-bond donors (Lipinski definition) is 2. The monoisotopic (exact) mass is 715 g/mol. The third-order valence-electron chi connectivity index (χ3n) is 9.96. The van der Waals surface area contributed by atoms with Gasteiger partial charge in [-0.2, -0.15) is 16.9 Å². The number of fused-ring (bicyclic) bond motifs is 8. The van der Waals surface area contributed by atoms with Crippen LogP contribution in [0.5, 0.6) is 11.5 Å². The Morgan fingerprint density at radius 1 is 1.14 bits per heavy atom. The molecule has 1 aliphatic heterocycles. The molecule has 0 amide bonds. The summed E-state index contributed by atoms with van der Waals surface area (Å²) in [6.07, 6.45) is 5.35. The van der Waals surface area contributed by atoms with Crippen molar-refractivity contribution in [1.82, 2.24) is 19.7 Å². The minimum atomic E-state index is -0.789. The van der Waals surface area contributed by atoms with E-state index in [-0.39, 0.29) is 40.9 Å². The van der Waals surface area contributed by atoms with E-state index < -0.39 is 17.0 Å². The van der Waals surface area contributed by atoms with Gasteiger partial charge in [-0.25, -0.2) is 18.4 Å². The van der Waals surface area contributed by atoms with Crippen LogP contribution in [0.2, 0.25) is 0 Å². The molecule has 6 rings (SSSR count). The number of carbonyl (C=O) groups excluding carboxylic acids is 1. The first-order valence-electron chi connectivity index (χ1n) is 17.7. The van der Waals surface area contributed by atoms with Gasteiger partial charge in [0.2, 0.25) is 0 Å². The predicted molar refractivity (Wildman–Crippen MR) is 199 cm³/mol. The Kier molecular flexibility index (Phi) is 10.9. The largest absolute Gasteiger partial charge is 0.466 e. The molecule has 0 radical (unpaired) electrons. The van der Waals surface area contributed by atoms with Crippen LogP contribution in [0.15, 0.2) is 60.8 Å². The van der Waals surface area contributed by atoms with Crippen LogP contribution < -0.4 is 10.5 Å². The van der Waals surface area contributed by atoms with Gasteiger partial charge in [0.1, 0.15) is 11.6 Å². The molecule has 0 saturated carbocycles. The van der Waals surface area contributed by atoms with Gasteiger partial charge in [-0.3, -0.25) is 4.79 Å². The topological polar surface area (TPSA) is 108 Å². The summed E-state index contributed by atoms with van der Waals surface area (Å²) in [5, 5.41) is 5.80. The van der Waals surface area contributed by atoms with Crippen molar-refractivity contribution in [2.24, 2.45) is 24.1 Å². The van der Waals surface area contributed by atoms with Gasteiger partial charge in [0.05, 0.1) is 23.5 Å². The number of aromatic amines is 1. The van der Waals surface area contributed by atoms with Crippen LogP contribution in [0.4, 0.5) is 8.78 Å². The number of esters is 1. The number of nitrogens with two attached hydrogens (primary N) is 1. The fraction of sp³-hybridized carbons (Fsp3) is 0.425. The maximum atomic E-state index is 15.7. The first-order chi connectivity index (χ1) is 24.4. The number of ether oxygens (including phenoxy) is 2. The molecule has 0 aliphatic carbocycles. The van der Waals surface area contributed by atoms with Gasteiger partial charge < -0.3 is 20.2 Å². The van der Waals surface area contributed by atoms with Crippen LogP contribution in [0.25, 0.3) is 22.3 Å². The summed E-state index contributed by atoms with van der Waals surface area (Å²) in [6, 6.07) is 15.9. The molecule has 5 aromatic rings. The Balaban J connectivity index is 1.46. The summed E-state index contributed by atoms with van der Waals surface area (Å²) >= 11 is 1.84. The van der Waals surface area contributed by atoms with Gasteiger partial charge in [0.15, 0.2) is 23.2 Å². The zero-order chi connectivity index (χ0) is 36.3. The van der Waals surface area contributed by atoms with Gasteiger partial charge in [-0.05, 0) is 84.9 Å². The molecule has 270 valence electrons. The molecular formula is C40H47F2N5O3S. The fourth-order valence-corrected chi connectivity index (χ4v) is 8.33. The van der Waals surface area contributed by atoms with E-state index in [0.717, 1.165) is 46.4 Å². The summed E-state index contributed by atoms with van der Waals surface area (Å²) in [4.78, 5) is 20.6. The summed E-state index contributed by atoms with van der Waals surface area (Å²) < 4.78 is 44.5. The molecule has 3 aromatic carbocycles. The quantitative estimate of drug-likeness (QED) is 0.170. The van der Waals surface area contributed by atoms with Gasteiger partial charge >= 0.3 is 5.97 Å². The van der Waals surface area contributed by atoms with Crippen LogP contribution in [-0.4, -0.2) is 50.4 Å². The van der Waals surface area contributed by atoms with Crippen molar-refractivity contribution < 1.29 is 23.0 Å². The Bertz CT molecular complexity index is 2020. The summed E-state index contributed by atoms with van der Waals surface area (Å²) in [7, 11) is 1.73. The molecule has 0 spiro atoms. The molecule has 2 atom stereocenters. The second-order valence-electron chi connectivity index (χ2n) is 14.4. The lowest BCUT2D eigenvalue weighted by Crippen LogP contribution is -2.38. The number of benzene rings is 3. The molecule has 3 heterocycles. The smallest absolute Gasteiger partial charge is 0.308 e. The van der Waals surface area contributed by atoms with E-state index in [1.165, 1.54) is 18.2 Å². The highest BCUT2D eigenvalue weighted by Gasteiger charge is 2.39. The number of nitrogens with zero attached hydrogens (tertiary/aromatic N) is 3. The van der Waals surface area contributed by atoms with E-state index in [1.807, 2.05) is 43.0 Å². The minimum Gasteiger partial charge on any atom is -0.466 e. The number of hydrogen-bond acceptors (Lipinski definition) is 7. The standard InChI is InChI=1S/C40H47F2N5O3S/c1-6-49-37(48)25(2)19-26-9-7-10-27(20-26)40(23-43)16-8-15-39(3,4)24-51-18-14-30-29-13-17-44-34(29)22-33(42)35(30)50-28-11-12-32(41)31(21-28)36-45-38(40)46-47(36)5/h7,9-13,17,20-22,25,44H,6,8,14-16,18-19,23-24,43H2,1-5H3. The highest BCUT2D eigenvalue weighted by atomic mass is 32.2. The lowest BCUT2D eigenvalue weighted by molar-refractivity contribution is -0.147. The van der Waals surface area contributed by atoms with Gasteiger partial charge in [0, 0.05) is 42.3 Å². The van der Waals surface area contributed by atoms with E-state index in [9.17, 15) is 4.79 Å². The highest BCUT2D eigenvalue weighted by molar-refractivity contribution is 7.99. The third kappa shape index (κ3) is 7.70. The minimum absolute atomic E-state index is 0.00130.